The molecule has 11 rings (SSSR count). The lowest BCUT2D eigenvalue weighted by molar-refractivity contribution is -0.124. The van der Waals surface area contributed by atoms with Crippen LogP contribution >= 0.6 is 23.5 Å². The molecule has 11 fully saturated rings. The van der Waals surface area contributed by atoms with Gasteiger partial charge in [0.05, 0.1) is 24.4 Å². The molecule has 0 aromatic carbocycles. The lowest BCUT2D eigenvalue weighted by Crippen LogP contribution is -2.64. The molecule has 19 atom stereocenters. The lowest BCUT2D eigenvalue weighted by Gasteiger charge is -2.54. The van der Waals surface area contributed by atoms with Crippen LogP contribution in [0.15, 0.2) is 0 Å². The van der Waals surface area contributed by atoms with Crippen molar-refractivity contribution in [3.8, 4) is 0 Å². The van der Waals surface area contributed by atoms with E-state index in [-0.39, 0.29) is 0 Å². The fraction of sp³-hybridized carbons (Fsp3) is 1.00. The highest BCUT2D eigenvalue weighted by atomic mass is 32.2. The van der Waals surface area contributed by atoms with Gasteiger partial charge in [-0.2, -0.15) is 23.5 Å². The molecule has 0 bridgehead atoms. The zero-order chi connectivity index (χ0) is 30.6. The summed E-state index contributed by atoms with van der Waals surface area (Å²) in [5.41, 5.74) is 0. The average Bonchev–Trinajstić information content (AvgIpc) is 3.88. The van der Waals surface area contributed by atoms with Gasteiger partial charge in [0.15, 0.2) is 0 Å². The maximum atomic E-state index is 7.82. The van der Waals surface area contributed by atoms with Gasteiger partial charge in [-0.25, -0.2) is 0 Å². The zero-order valence-electron chi connectivity index (χ0n) is 29.3. The van der Waals surface area contributed by atoms with Gasteiger partial charge in [-0.1, -0.05) is 57.8 Å². The Labute approximate surface area is 295 Å². The van der Waals surface area contributed by atoms with Crippen LogP contribution in [0.5, 0.6) is 0 Å². The molecule has 4 heterocycles. The molecule has 0 spiro atoms. The smallest absolute Gasteiger partial charge is 0.0766 e. The van der Waals surface area contributed by atoms with E-state index in [1.807, 2.05) is 0 Å². The Bertz CT molecular complexity index is 1100. The summed E-state index contributed by atoms with van der Waals surface area (Å²) < 4.78 is 15.2. The van der Waals surface area contributed by atoms with E-state index >= 15 is 0 Å². The Morgan fingerprint density at radius 2 is 0.936 bits per heavy atom. The van der Waals surface area contributed by atoms with Crippen LogP contribution in [0, 0.1) is 47.3 Å². The molecule has 4 aliphatic heterocycles. The van der Waals surface area contributed by atoms with Crippen LogP contribution in [0.3, 0.4) is 0 Å². The Hall–Kier alpha value is 0.580. The summed E-state index contributed by atoms with van der Waals surface area (Å²) in [6, 6.07) is 2.07. The standard InChI is InChI=1S/C42H65NO2S2/c1-4-19-34-24(10-1)26-13-7-16-31(39(26)44-34)43(33-18-9-15-29-25-11-2-5-20-35(25)47-42(29)33)32-17-8-14-27-28-22-23-37-38(41(28)45-40(27)32)30-12-3-6-21-36(30)46-37/h24-42H,1-23H2. The molecule has 0 amide bonds. The van der Waals surface area contributed by atoms with Crippen LogP contribution < -0.4 is 0 Å². The van der Waals surface area contributed by atoms with Gasteiger partial charge in [-0.3, -0.25) is 4.90 Å². The first-order chi connectivity index (χ1) is 23.3. The first-order valence-electron chi connectivity index (χ1n) is 21.7. The van der Waals surface area contributed by atoms with E-state index in [0.29, 0.717) is 36.5 Å². The zero-order valence-corrected chi connectivity index (χ0v) is 30.9. The topological polar surface area (TPSA) is 21.7 Å². The summed E-state index contributed by atoms with van der Waals surface area (Å²) in [4.78, 5) is 3.35. The summed E-state index contributed by atoms with van der Waals surface area (Å²) in [5.74, 6) is 7.25. The fourth-order valence-electron chi connectivity index (χ4n) is 15.8. The second kappa shape index (κ2) is 12.6. The highest BCUT2D eigenvalue weighted by Crippen LogP contribution is 2.62. The normalized spacial score (nSPS) is 58.0. The molecule has 4 saturated heterocycles. The molecule has 262 valence electrons. The van der Waals surface area contributed by atoms with Crippen molar-refractivity contribution in [3.63, 3.8) is 0 Å². The number of nitrogens with zero attached hydrogens (tertiary/aromatic N) is 1. The number of ether oxygens (including phenoxy) is 2. The lowest BCUT2D eigenvalue weighted by atomic mass is 9.64. The Kier molecular flexibility index (Phi) is 8.36. The molecule has 0 aromatic rings. The maximum Gasteiger partial charge on any atom is 0.0766 e. The molecular weight excluding hydrogens is 615 g/mol. The quantitative estimate of drug-likeness (QED) is 0.295. The fourth-order valence-corrected chi connectivity index (χ4v) is 20.1. The van der Waals surface area contributed by atoms with Crippen LogP contribution in [0.2, 0.25) is 0 Å². The van der Waals surface area contributed by atoms with E-state index in [2.05, 4.69) is 28.4 Å². The van der Waals surface area contributed by atoms with Gasteiger partial charge in [0.2, 0.25) is 0 Å². The van der Waals surface area contributed by atoms with Crippen molar-refractivity contribution in [1.82, 2.24) is 4.90 Å². The van der Waals surface area contributed by atoms with Gasteiger partial charge in [0.1, 0.15) is 0 Å². The minimum atomic E-state index is 0.503. The van der Waals surface area contributed by atoms with Crippen molar-refractivity contribution in [2.24, 2.45) is 47.3 Å². The molecule has 0 radical (unpaired) electrons. The van der Waals surface area contributed by atoms with E-state index in [0.717, 1.165) is 74.4 Å². The number of thioether (sulfide) groups is 2. The first kappa shape index (κ1) is 31.1. The van der Waals surface area contributed by atoms with E-state index in [1.165, 1.54) is 148 Å². The molecule has 0 aromatic heterocycles. The molecule has 3 nitrogen and oxygen atoms in total. The third-order valence-electron chi connectivity index (χ3n) is 17.4. The van der Waals surface area contributed by atoms with Crippen molar-refractivity contribution in [1.29, 1.82) is 0 Å². The average molecular weight is 680 g/mol. The Morgan fingerprint density at radius 3 is 1.74 bits per heavy atom. The van der Waals surface area contributed by atoms with Crippen molar-refractivity contribution in [2.45, 2.75) is 211 Å². The van der Waals surface area contributed by atoms with Crippen molar-refractivity contribution < 1.29 is 9.47 Å². The Balaban J connectivity index is 0.947. The third kappa shape index (κ3) is 4.96. The monoisotopic (exact) mass is 679 g/mol. The minimum Gasteiger partial charge on any atom is -0.373 e. The van der Waals surface area contributed by atoms with Gasteiger partial charge in [0, 0.05) is 45.0 Å². The van der Waals surface area contributed by atoms with Gasteiger partial charge in [-0.15, -0.1) is 0 Å². The highest BCUT2D eigenvalue weighted by Gasteiger charge is 2.62. The molecule has 47 heavy (non-hydrogen) atoms. The largest absolute Gasteiger partial charge is 0.373 e. The van der Waals surface area contributed by atoms with E-state index < -0.39 is 0 Å². The summed E-state index contributed by atoms with van der Waals surface area (Å²) in [7, 11) is 0. The summed E-state index contributed by atoms with van der Waals surface area (Å²) in [6.07, 6.45) is 35.9. The first-order valence-corrected chi connectivity index (χ1v) is 23.6. The molecule has 7 aliphatic carbocycles. The minimum absolute atomic E-state index is 0.503. The second-order valence-corrected chi connectivity index (χ2v) is 22.1. The number of hydrogen-bond donors (Lipinski definition) is 0. The molecule has 5 heteroatoms. The van der Waals surface area contributed by atoms with Crippen LogP contribution in [-0.2, 0) is 9.47 Å². The van der Waals surface area contributed by atoms with E-state index in [1.54, 1.807) is 0 Å². The molecular formula is C42H65NO2S2. The van der Waals surface area contributed by atoms with Gasteiger partial charge >= 0.3 is 0 Å². The summed E-state index contributed by atoms with van der Waals surface area (Å²) >= 11 is 4.98. The van der Waals surface area contributed by atoms with Crippen LogP contribution in [0.25, 0.3) is 0 Å². The van der Waals surface area contributed by atoms with Crippen molar-refractivity contribution >= 4 is 23.5 Å². The number of fused-ring (bicyclic) bond motifs is 13. The highest BCUT2D eigenvalue weighted by molar-refractivity contribution is 8.01. The molecule has 19 unspecified atom stereocenters. The van der Waals surface area contributed by atoms with Gasteiger partial charge in [-0.05, 0) is 131 Å². The van der Waals surface area contributed by atoms with Gasteiger partial charge < -0.3 is 9.47 Å². The summed E-state index contributed by atoms with van der Waals surface area (Å²) in [5, 5.41) is 3.71. The predicted octanol–water partition coefficient (Wildman–Crippen LogP) is 9.89. The molecule has 7 saturated carbocycles. The molecule has 11 aliphatic rings. The van der Waals surface area contributed by atoms with Crippen LogP contribution in [0.1, 0.15) is 148 Å². The Morgan fingerprint density at radius 1 is 0.362 bits per heavy atom. The van der Waals surface area contributed by atoms with Crippen molar-refractivity contribution in [2.75, 3.05) is 0 Å². The van der Waals surface area contributed by atoms with Crippen molar-refractivity contribution in [3.05, 3.63) is 0 Å². The van der Waals surface area contributed by atoms with Gasteiger partial charge in [0.25, 0.3) is 0 Å². The SMILES string of the molecule is C1CCC2C(C1)OC1C2CCCC1N(C1CCCC2C3CCC4SC5CCCCC5C4C3OC21)C1CCCC2C3CCCCC3SC21. The second-order valence-electron chi connectivity index (χ2n) is 19.2. The maximum absolute atomic E-state index is 7.82. The summed E-state index contributed by atoms with van der Waals surface area (Å²) in [6.45, 7) is 0. The number of rotatable bonds is 3. The van der Waals surface area contributed by atoms with E-state index in [4.69, 9.17) is 9.47 Å². The van der Waals surface area contributed by atoms with Crippen LogP contribution in [0.4, 0.5) is 0 Å². The third-order valence-corrected chi connectivity index (χ3v) is 21.2. The number of hydrogen-bond acceptors (Lipinski definition) is 5. The van der Waals surface area contributed by atoms with Crippen LogP contribution in [-0.4, -0.2) is 68.4 Å². The van der Waals surface area contributed by atoms with E-state index in [9.17, 15) is 0 Å². The predicted molar refractivity (Wildman–Crippen MR) is 195 cm³/mol. The molecule has 0 N–H and O–H groups in total.